The lowest BCUT2D eigenvalue weighted by Crippen LogP contribution is -2.50. The lowest BCUT2D eigenvalue weighted by Gasteiger charge is -2.25. The molecule has 4 N–H and O–H groups in total. The fraction of sp³-hybridized carbons (Fsp3) is 0.769. The predicted octanol–water partition coefficient (Wildman–Crippen LogP) is 0.557. The molecule has 0 saturated heterocycles. The van der Waals surface area contributed by atoms with Gasteiger partial charge in [0.2, 0.25) is 5.91 Å². The first-order valence-electron chi connectivity index (χ1n) is 6.58. The van der Waals surface area contributed by atoms with Crippen LogP contribution in [0.4, 0.5) is 4.79 Å². The van der Waals surface area contributed by atoms with E-state index in [1.807, 2.05) is 13.8 Å². The highest BCUT2D eigenvalue weighted by atomic mass is 16.4. The quantitative estimate of drug-likeness (QED) is 0.548. The van der Waals surface area contributed by atoms with Gasteiger partial charge >= 0.3 is 12.0 Å². The Balaban J connectivity index is 4.40. The van der Waals surface area contributed by atoms with Crippen LogP contribution in [0.15, 0.2) is 0 Å². The minimum absolute atomic E-state index is 0.00352. The van der Waals surface area contributed by atoms with Gasteiger partial charge < -0.3 is 21.1 Å². The number of urea groups is 1. The molecule has 0 aliphatic carbocycles. The molecule has 3 amide bonds. The Labute approximate surface area is 119 Å². The van der Waals surface area contributed by atoms with E-state index >= 15 is 0 Å². The van der Waals surface area contributed by atoms with Crippen molar-refractivity contribution in [2.24, 2.45) is 11.3 Å². The SMILES string of the molecule is CNC(=O)C(C)(C)CNC(=O)NC(CC(=O)O)C(C)C. The van der Waals surface area contributed by atoms with Crippen molar-refractivity contribution in [2.45, 2.75) is 40.2 Å². The number of rotatable bonds is 7. The molecule has 116 valence electrons. The first-order chi connectivity index (χ1) is 9.10. The summed E-state index contributed by atoms with van der Waals surface area (Å²) in [5, 5.41) is 16.5. The van der Waals surface area contributed by atoms with Gasteiger partial charge in [0.05, 0.1) is 11.8 Å². The Kier molecular flexibility index (Phi) is 7.02. The molecule has 0 aliphatic heterocycles. The molecule has 0 aromatic carbocycles. The molecule has 0 aromatic rings. The average Bonchev–Trinajstić information content (AvgIpc) is 2.34. The molecule has 0 heterocycles. The van der Waals surface area contributed by atoms with Crippen LogP contribution in [0.3, 0.4) is 0 Å². The standard InChI is InChI=1S/C13H25N3O4/c1-8(2)9(6-10(17)18)16-12(20)15-7-13(3,4)11(19)14-5/h8-9H,6-7H2,1-5H3,(H,14,19)(H,17,18)(H2,15,16,20). The van der Waals surface area contributed by atoms with E-state index in [1.54, 1.807) is 13.8 Å². The molecule has 0 fully saturated rings. The van der Waals surface area contributed by atoms with Gasteiger partial charge in [0.1, 0.15) is 0 Å². The molecule has 0 rings (SSSR count). The van der Waals surface area contributed by atoms with Crippen molar-refractivity contribution in [3.8, 4) is 0 Å². The Morgan fingerprint density at radius 2 is 1.75 bits per heavy atom. The summed E-state index contributed by atoms with van der Waals surface area (Å²) in [5.41, 5.74) is -0.730. The van der Waals surface area contributed by atoms with E-state index < -0.39 is 23.5 Å². The van der Waals surface area contributed by atoms with Crippen LogP contribution in [-0.2, 0) is 9.59 Å². The van der Waals surface area contributed by atoms with Crippen molar-refractivity contribution in [3.05, 3.63) is 0 Å². The zero-order chi connectivity index (χ0) is 15.9. The Bertz CT molecular complexity index is 367. The zero-order valence-electron chi connectivity index (χ0n) is 12.7. The molecular formula is C13H25N3O4. The van der Waals surface area contributed by atoms with Gasteiger partial charge in [-0.05, 0) is 19.8 Å². The van der Waals surface area contributed by atoms with E-state index in [9.17, 15) is 14.4 Å². The highest BCUT2D eigenvalue weighted by molar-refractivity contribution is 5.83. The first kappa shape index (κ1) is 18.2. The van der Waals surface area contributed by atoms with Crippen LogP contribution in [0.25, 0.3) is 0 Å². The van der Waals surface area contributed by atoms with Gasteiger partial charge in [-0.3, -0.25) is 9.59 Å². The number of hydrogen-bond donors (Lipinski definition) is 4. The van der Waals surface area contributed by atoms with Crippen LogP contribution in [0.2, 0.25) is 0 Å². The summed E-state index contributed by atoms with van der Waals surface area (Å²) in [6, 6.07) is -0.919. The number of carbonyl (C=O) groups is 3. The van der Waals surface area contributed by atoms with Gasteiger partial charge in [-0.15, -0.1) is 0 Å². The maximum atomic E-state index is 11.8. The largest absolute Gasteiger partial charge is 0.481 e. The summed E-state index contributed by atoms with van der Waals surface area (Å²) in [6.07, 6.45) is -0.135. The van der Waals surface area contributed by atoms with Crippen molar-refractivity contribution < 1.29 is 19.5 Å². The summed E-state index contributed by atoms with van der Waals surface area (Å²) in [7, 11) is 1.53. The van der Waals surface area contributed by atoms with Crippen molar-refractivity contribution in [1.29, 1.82) is 0 Å². The monoisotopic (exact) mass is 287 g/mol. The normalized spacial score (nSPS) is 12.7. The third-order valence-corrected chi connectivity index (χ3v) is 3.05. The van der Waals surface area contributed by atoms with Crippen LogP contribution in [0.5, 0.6) is 0 Å². The van der Waals surface area contributed by atoms with Crippen molar-refractivity contribution in [2.75, 3.05) is 13.6 Å². The highest BCUT2D eigenvalue weighted by Crippen LogP contribution is 2.13. The molecule has 0 aromatic heterocycles. The van der Waals surface area contributed by atoms with Crippen molar-refractivity contribution in [3.63, 3.8) is 0 Å². The molecule has 20 heavy (non-hydrogen) atoms. The Morgan fingerprint density at radius 1 is 1.20 bits per heavy atom. The minimum atomic E-state index is -0.963. The van der Waals surface area contributed by atoms with Gasteiger partial charge in [-0.1, -0.05) is 13.8 Å². The van der Waals surface area contributed by atoms with Crippen LogP contribution < -0.4 is 16.0 Å². The van der Waals surface area contributed by atoms with Gasteiger partial charge in [-0.2, -0.15) is 0 Å². The maximum Gasteiger partial charge on any atom is 0.315 e. The second kappa shape index (κ2) is 7.72. The number of amides is 3. The highest BCUT2D eigenvalue weighted by Gasteiger charge is 2.27. The number of hydrogen-bond acceptors (Lipinski definition) is 3. The molecule has 7 nitrogen and oxygen atoms in total. The maximum absolute atomic E-state index is 11.8. The van der Waals surface area contributed by atoms with E-state index in [0.717, 1.165) is 0 Å². The Morgan fingerprint density at radius 3 is 2.15 bits per heavy atom. The smallest absolute Gasteiger partial charge is 0.315 e. The third kappa shape index (κ3) is 6.40. The van der Waals surface area contributed by atoms with Crippen LogP contribution in [0.1, 0.15) is 34.1 Å². The zero-order valence-corrected chi connectivity index (χ0v) is 12.7. The lowest BCUT2D eigenvalue weighted by atomic mass is 9.92. The molecule has 0 aliphatic rings. The summed E-state index contributed by atoms with van der Waals surface area (Å²) in [4.78, 5) is 34.0. The van der Waals surface area contributed by atoms with Gasteiger partial charge in [0.15, 0.2) is 0 Å². The lowest BCUT2D eigenvalue weighted by molar-refractivity contribution is -0.137. The summed E-state index contributed by atoms with van der Waals surface area (Å²) >= 11 is 0. The molecule has 0 bridgehead atoms. The van der Waals surface area contributed by atoms with E-state index in [4.69, 9.17) is 5.11 Å². The number of carbonyl (C=O) groups excluding carboxylic acids is 2. The molecule has 0 spiro atoms. The topological polar surface area (TPSA) is 108 Å². The number of nitrogens with one attached hydrogen (secondary N) is 3. The van der Waals surface area contributed by atoms with Gasteiger partial charge in [0, 0.05) is 19.6 Å². The molecule has 1 atom stereocenters. The fourth-order valence-corrected chi connectivity index (χ4v) is 1.58. The van der Waals surface area contributed by atoms with Crippen LogP contribution in [-0.4, -0.2) is 42.6 Å². The van der Waals surface area contributed by atoms with E-state index in [0.29, 0.717) is 0 Å². The van der Waals surface area contributed by atoms with Crippen LogP contribution >= 0.6 is 0 Å². The van der Waals surface area contributed by atoms with E-state index in [-0.39, 0.29) is 24.8 Å². The first-order valence-corrected chi connectivity index (χ1v) is 6.58. The second-order valence-electron chi connectivity index (χ2n) is 5.74. The molecule has 1 unspecified atom stereocenters. The summed E-state index contributed by atoms with van der Waals surface area (Å²) in [6.45, 7) is 7.26. The number of carboxylic acid groups (broad SMARTS) is 1. The predicted molar refractivity (Wildman–Crippen MR) is 75.3 cm³/mol. The second-order valence-corrected chi connectivity index (χ2v) is 5.74. The van der Waals surface area contributed by atoms with Gasteiger partial charge in [0.25, 0.3) is 0 Å². The van der Waals surface area contributed by atoms with Gasteiger partial charge in [-0.25, -0.2) is 4.79 Å². The van der Waals surface area contributed by atoms with E-state index in [1.165, 1.54) is 7.05 Å². The molecule has 0 radical (unpaired) electrons. The van der Waals surface area contributed by atoms with Crippen LogP contribution in [0, 0.1) is 11.3 Å². The average molecular weight is 287 g/mol. The molecular weight excluding hydrogens is 262 g/mol. The minimum Gasteiger partial charge on any atom is -0.481 e. The summed E-state index contributed by atoms with van der Waals surface area (Å²) < 4.78 is 0. The Hall–Kier alpha value is -1.79. The van der Waals surface area contributed by atoms with E-state index in [2.05, 4.69) is 16.0 Å². The number of carboxylic acids is 1. The summed E-state index contributed by atoms with van der Waals surface area (Å²) in [5.74, 6) is -1.14. The van der Waals surface area contributed by atoms with Crippen molar-refractivity contribution >= 4 is 17.9 Å². The molecule has 7 heteroatoms. The fourth-order valence-electron chi connectivity index (χ4n) is 1.58. The third-order valence-electron chi connectivity index (χ3n) is 3.05. The molecule has 0 saturated carbocycles. The van der Waals surface area contributed by atoms with Crippen molar-refractivity contribution in [1.82, 2.24) is 16.0 Å². The number of aliphatic carboxylic acids is 1.